The maximum Gasteiger partial charge on any atom is 0.263 e. The lowest BCUT2D eigenvalue weighted by Gasteiger charge is -2.26. The quantitative estimate of drug-likeness (QED) is 0.179. The lowest BCUT2D eigenvalue weighted by molar-refractivity contribution is 0.00200. The second-order valence-electron chi connectivity index (χ2n) is 7.80. The van der Waals surface area contributed by atoms with Gasteiger partial charge in [-0.15, -0.1) is 17.9 Å². The Hall–Kier alpha value is -1.74. The van der Waals surface area contributed by atoms with Crippen LogP contribution in [0.3, 0.4) is 0 Å². The summed E-state index contributed by atoms with van der Waals surface area (Å²) in [5.74, 6) is 0.585. The summed E-state index contributed by atoms with van der Waals surface area (Å²) in [5.41, 5.74) is 1.64. The van der Waals surface area contributed by atoms with Gasteiger partial charge < -0.3 is 4.74 Å². The molecule has 0 saturated carbocycles. The summed E-state index contributed by atoms with van der Waals surface area (Å²) >= 11 is 6.20. The molecule has 1 aromatic carbocycles. The molecule has 0 spiro atoms. The number of hydrogen-bond donors (Lipinski definition) is 0. The van der Waals surface area contributed by atoms with Crippen LogP contribution in [0.2, 0.25) is 0 Å². The van der Waals surface area contributed by atoms with Gasteiger partial charge in [0, 0.05) is 27.9 Å². The van der Waals surface area contributed by atoms with Gasteiger partial charge in [-0.1, -0.05) is 59.7 Å². The van der Waals surface area contributed by atoms with E-state index in [9.17, 15) is 9.59 Å². The molecule has 1 atom stereocenters. The van der Waals surface area contributed by atoms with Crippen LogP contribution in [0.4, 0.5) is 0 Å². The number of rotatable bonds is 7. The number of benzene rings is 1. The van der Waals surface area contributed by atoms with Crippen LogP contribution in [0, 0.1) is 5.92 Å². The molecular formula is C23H23BrN2O3S2. The zero-order valence-electron chi connectivity index (χ0n) is 17.4. The van der Waals surface area contributed by atoms with Crippen LogP contribution < -0.4 is 5.56 Å². The molecule has 3 heterocycles. The first-order chi connectivity index (χ1) is 14.9. The Morgan fingerprint density at radius 1 is 1.42 bits per heavy atom. The van der Waals surface area contributed by atoms with Crippen molar-refractivity contribution < 1.29 is 9.53 Å². The number of ether oxygens (including phenoxy) is 1. The van der Waals surface area contributed by atoms with Crippen LogP contribution in [0.25, 0.3) is 10.2 Å². The monoisotopic (exact) mass is 518 g/mol. The Labute approximate surface area is 197 Å². The molecule has 162 valence electrons. The molecule has 0 aliphatic carbocycles. The van der Waals surface area contributed by atoms with Crippen molar-refractivity contribution in [2.45, 2.75) is 44.7 Å². The van der Waals surface area contributed by atoms with E-state index in [1.807, 2.05) is 12.1 Å². The number of ketones is 1. The second kappa shape index (κ2) is 9.40. The lowest BCUT2D eigenvalue weighted by Crippen LogP contribution is -2.28. The van der Waals surface area contributed by atoms with Crippen LogP contribution in [0.1, 0.15) is 34.6 Å². The summed E-state index contributed by atoms with van der Waals surface area (Å²) in [6.45, 7) is 8.93. The van der Waals surface area contributed by atoms with Gasteiger partial charge in [0.1, 0.15) is 4.83 Å². The molecule has 0 saturated heterocycles. The minimum absolute atomic E-state index is 0.00403. The van der Waals surface area contributed by atoms with Crippen molar-refractivity contribution in [2.24, 2.45) is 5.92 Å². The minimum Gasteiger partial charge on any atom is -0.372 e. The molecule has 1 aliphatic rings. The Morgan fingerprint density at radius 3 is 2.84 bits per heavy atom. The fourth-order valence-electron chi connectivity index (χ4n) is 3.62. The van der Waals surface area contributed by atoms with Crippen LogP contribution in [0.15, 0.2) is 51.3 Å². The third kappa shape index (κ3) is 4.58. The maximum atomic E-state index is 13.4. The van der Waals surface area contributed by atoms with Crippen molar-refractivity contribution in [2.75, 3.05) is 5.75 Å². The van der Waals surface area contributed by atoms with E-state index in [0.717, 1.165) is 26.2 Å². The van der Waals surface area contributed by atoms with E-state index in [0.29, 0.717) is 35.2 Å². The van der Waals surface area contributed by atoms with E-state index in [4.69, 9.17) is 9.72 Å². The number of fused-ring (bicyclic) bond motifs is 3. The van der Waals surface area contributed by atoms with E-state index >= 15 is 0 Å². The maximum absolute atomic E-state index is 13.4. The average molecular weight is 519 g/mol. The molecule has 8 heteroatoms. The summed E-state index contributed by atoms with van der Waals surface area (Å²) < 4.78 is 8.54. The molecular weight excluding hydrogens is 496 g/mol. The predicted octanol–water partition coefficient (Wildman–Crippen LogP) is 5.48. The normalized spacial score (nSPS) is 15.9. The van der Waals surface area contributed by atoms with E-state index < -0.39 is 0 Å². The van der Waals surface area contributed by atoms with E-state index in [-0.39, 0.29) is 23.2 Å². The number of thiophene rings is 1. The van der Waals surface area contributed by atoms with Gasteiger partial charge in [0.05, 0.1) is 23.8 Å². The van der Waals surface area contributed by atoms with Crippen molar-refractivity contribution in [3.8, 4) is 0 Å². The van der Waals surface area contributed by atoms with Crippen molar-refractivity contribution in [1.82, 2.24) is 9.55 Å². The minimum atomic E-state index is -0.0644. The smallest absolute Gasteiger partial charge is 0.263 e. The highest BCUT2D eigenvalue weighted by molar-refractivity contribution is 9.10. The van der Waals surface area contributed by atoms with Crippen LogP contribution in [-0.4, -0.2) is 27.2 Å². The van der Waals surface area contributed by atoms with Gasteiger partial charge in [-0.2, -0.15) is 0 Å². The molecule has 4 rings (SSSR count). The predicted molar refractivity (Wildman–Crippen MR) is 130 cm³/mol. The number of carbonyl (C=O) groups excluding carboxylic acids is 1. The summed E-state index contributed by atoms with van der Waals surface area (Å²) in [5, 5.41) is 1.24. The SMILES string of the molecule is C=CCn1c(SCC(=O)c2ccc(Br)cc2)nc2sc3c(c2c1=O)C[C@H](C(C)C)OC3. The van der Waals surface area contributed by atoms with Crippen LogP contribution in [0.5, 0.6) is 0 Å². The number of carbonyl (C=O) groups is 1. The number of thioether (sulfide) groups is 1. The van der Waals surface area contributed by atoms with Gasteiger partial charge in [-0.25, -0.2) is 4.98 Å². The fraction of sp³-hybridized carbons (Fsp3) is 0.348. The Morgan fingerprint density at radius 2 is 2.16 bits per heavy atom. The molecule has 0 amide bonds. The molecule has 3 aromatic rings. The number of allylic oxidation sites excluding steroid dienone is 1. The van der Waals surface area contributed by atoms with Gasteiger partial charge in [-0.05, 0) is 23.6 Å². The third-order valence-electron chi connectivity index (χ3n) is 5.35. The average Bonchev–Trinajstić information content (AvgIpc) is 3.12. The molecule has 0 fully saturated rings. The highest BCUT2D eigenvalue weighted by Gasteiger charge is 2.28. The van der Waals surface area contributed by atoms with Crippen LogP contribution in [-0.2, 0) is 24.3 Å². The van der Waals surface area contributed by atoms with Crippen molar-refractivity contribution in [3.63, 3.8) is 0 Å². The lowest BCUT2D eigenvalue weighted by atomic mass is 9.96. The van der Waals surface area contributed by atoms with E-state index in [2.05, 4.69) is 36.4 Å². The Bertz CT molecular complexity index is 1200. The van der Waals surface area contributed by atoms with Crippen molar-refractivity contribution >= 4 is 55.0 Å². The first kappa shape index (κ1) is 22.5. The summed E-state index contributed by atoms with van der Waals surface area (Å²) in [6.07, 6.45) is 2.52. The molecule has 31 heavy (non-hydrogen) atoms. The van der Waals surface area contributed by atoms with Crippen LogP contribution >= 0.6 is 39.0 Å². The Balaban J connectivity index is 1.68. The van der Waals surface area contributed by atoms with Gasteiger partial charge in [0.15, 0.2) is 10.9 Å². The highest BCUT2D eigenvalue weighted by Crippen LogP contribution is 2.36. The Kier molecular flexibility index (Phi) is 6.81. The number of Topliss-reactive ketones (excluding diaryl/α,β-unsaturated/α-hetero) is 1. The number of nitrogens with zero attached hydrogens (tertiary/aromatic N) is 2. The second-order valence-corrected chi connectivity index (χ2v) is 10.7. The summed E-state index contributed by atoms with van der Waals surface area (Å²) in [7, 11) is 0. The zero-order chi connectivity index (χ0) is 22.1. The van der Waals surface area contributed by atoms with Crippen molar-refractivity contribution in [3.05, 3.63) is 67.8 Å². The molecule has 1 aliphatic heterocycles. The van der Waals surface area contributed by atoms with Gasteiger partial charge in [0.2, 0.25) is 0 Å². The summed E-state index contributed by atoms with van der Waals surface area (Å²) in [6, 6.07) is 7.27. The van der Waals surface area contributed by atoms with Crippen molar-refractivity contribution in [1.29, 1.82) is 0 Å². The highest BCUT2D eigenvalue weighted by atomic mass is 79.9. The first-order valence-corrected chi connectivity index (χ1v) is 12.7. The standard InChI is InChI=1S/C23H23BrN2O3S2/c1-4-9-26-22(28)20-16-10-18(13(2)3)29-11-19(16)31-21(20)25-23(26)30-12-17(27)14-5-7-15(24)8-6-14/h4-8,13,18H,1,9-12H2,2-3H3/t18-/m1/s1. The van der Waals surface area contributed by atoms with Gasteiger partial charge in [-0.3, -0.25) is 14.2 Å². The zero-order valence-corrected chi connectivity index (χ0v) is 20.6. The molecule has 5 nitrogen and oxygen atoms in total. The molecule has 0 N–H and O–H groups in total. The van der Waals surface area contributed by atoms with Gasteiger partial charge >= 0.3 is 0 Å². The van der Waals surface area contributed by atoms with E-state index in [1.54, 1.807) is 22.8 Å². The molecule has 0 radical (unpaired) electrons. The molecule has 0 unspecified atom stereocenters. The number of aromatic nitrogens is 2. The summed E-state index contributed by atoms with van der Waals surface area (Å²) in [4.78, 5) is 32.7. The largest absolute Gasteiger partial charge is 0.372 e. The number of halogens is 1. The fourth-order valence-corrected chi connectivity index (χ4v) is 5.95. The van der Waals surface area contributed by atoms with Gasteiger partial charge in [0.25, 0.3) is 5.56 Å². The first-order valence-electron chi connectivity index (χ1n) is 10.1. The van der Waals surface area contributed by atoms with E-state index in [1.165, 1.54) is 23.1 Å². The molecule has 0 bridgehead atoms. The topological polar surface area (TPSA) is 61.2 Å². The number of hydrogen-bond acceptors (Lipinski definition) is 6. The molecule has 2 aromatic heterocycles. The third-order valence-corrected chi connectivity index (χ3v) is 7.95.